The number of amides is 1. The molecule has 1 amide bonds. The summed E-state index contributed by atoms with van der Waals surface area (Å²) in [5.74, 6) is -0.739. The molecule has 0 fully saturated rings. The molecule has 86 valence electrons. The predicted molar refractivity (Wildman–Crippen MR) is 63.5 cm³/mol. The van der Waals surface area contributed by atoms with Gasteiger partial charge in [-0.15, -0.1) is 0 Å². The third-order valence-electron chi connectivity index (χ3n) is 2.48. The second-order valence-corrected chi connectivity index (χ2v) is 3.66. The van der Waals surface area contributed by atoms with Crippen LogP contribution >= 0.6 is 0 Å². The molecule has 5 heteroatoms. The van der Waals surface area contributed by atoms with Gasteiger partial charge in [-0.1, -0.05) is 6.07 Å². The van der Waals surface area contributed by atoms with E-state index in [2.05, 4.69) is 9.97 Å². The fourth-order valence-corrected chi connectivity index (χ4v) is 1.63. The Kier molecular flexibility index (Phi) is 2.74. The number of aromatic nitrogens is 2. The number of aryl methyl sites for hydroxylation is 1. The Labute approximate surface area is 97.3 Å². The van der Waals surface area contributed by atoms with Crippen molar-refractivity contribution in [1.82, 2.24) is 9.97 Å². The van der Waals surface area contributed by atoms with Gasteiger partial charge in [-0.25, -0.2) is 0 Å². The number of hydrogen-bond donors (Lipinski definition) is 2. The van der Waals surface area contributed by atoms with Crippen molar-refractivity contribution in [2.75, 3.05) is 0 Å². The Balaban J connectivity index is 2.67. The van der Waals surface area contributed by atoms with Crippen molar-refractivity contribution in [1.29, 1.82) is 0 Å². The zero-order chi connectivity index (χ0) is 12.4. The molecule has 2 rings (SSSR count). The highest BCUT2D eigenvalue weighted by atomic mass is 16.2. The summed E-state index contributed by atoms with van der Waals surface area (Å²) in [4.78, 5) is 29.2. The minimum atomic E-state index is -0.739. The van der Waals surface area contributed by atoms with Gasteiger partial charge < -0.3 is 10.7 Å². The first kappa shape index (κ1) is 11.1. The van der Waals surface area contributed by atoms with E-state index >= 15 is 0 Å². The van der Waals surface area contributed by atoms with Crippen LogP contribution in [0.15, 0.2) is 35.4 Å². The molecular weight excluding hydrogens is 218 g/mol. The number of nitrogens with one attached hydrogen (secondary N) is 1. The molecule has 0 saturated heterocycles. The van der Waals surface area contributed by atoms with E-state index in [0.717, 1.165) is 11.1 Å². The van der Waals surface area contributed by atoms with Crippen molar-refractivity contribution in [2.24, 2.45) is 5.73 Å². The summed E-state index contributed by atoms with van der Waals surface area (Å²) in [7, 11) is 0. The number of H-pyrrole nitrogens is 1. The predicted octanol–water partition coefficient (Wildman–Crippen LogP) is 0.844. The molecule has 0 saturated carbocycles. The summed E-state index contributed by atoms with van der Waals surface area (Å²) >= 11 is 0. The van der Waals surface area contributed by atoms with Crippen LogP contribution in [0.1, 0.15) is 16.1 Å². The first-order valence-electron chi connectivity index (χ1n) is 5.03. The fraction of sp³-hybridized carbons (Fsp3) is 0.0833. The maximum absolute atomic E-state index is 11.5. The number of carbonyl (C=O) groups is 1. The lowest BCUT2D eigenvalue weighted by Crippen LogP contribution is -2.24. The van der Waals surface area contributed by atoms with Crippen molar-refractivity contribution in [3.63, 3.8) is 0 Å². The number of rotatable bonds is 2. The van der Waals surface area contributed by atoms with Gasteiger partial charge in [0.1, 0.15) is 5.56 Å². The average Bonchev–Trinajstić information content (AvgIpc) is 2.29. The van der Waals surface area contributed by atoms with Crippen molar-refractivity contribution in [3.8, 4) is 11.1 Å². The molecule has 0 radical (unpaired) electrons. The molecule has 2 heterocycles. The maximum atomic E-state index is 11.5. The second kappa shape index (κ2) is 4.21. The van der Waals surface area contributed by atoms with E-state index < -0.39 is 11.5 Å². The summed E-state index contributed by atoms with van der Waals surface area (Å²) in [6.07, 6.45) is 3.31. The fourth-order valence-electron chi connectivity index (χ4n) is 1.63. The van der Waals surface area contributed by atoms with Crippen LogP contribution in [-0.2, 0) is 0 Å². The average molecular weight is 229 g/mol. The summed E-state index contributed by atoms with van der Waals surface area (Å²) in [6, 6.07) is 5.12. The van der Waals surface area contributed by atoms with Gasteiger partial charge >= 0.3 is 0 Å². The van der Waals surface area contributed by atoms with E-state index in [1.54, 1.807) is 25.4 Å². The molecule has 0 aliphatic carbocycles. The number of aromatic amines is 1. The molecule has 0 unspecified atom stereocenters. The van der Waals surface area contributed by atoms with Crippen LogP contribution in [0.2, 0.25) is 0 Å². The zero-order valence-corrected chi connectivity index (χ0v) is 9.23. The van der Waals surface area contributed by atoms with Gasteiger partial charge in [0, 0.05) is 29.2 Å². The molecule has 2 aromatic heterocycles. The minimum Gasteiger partial charge on any atom is -0.365 e. The molecule has 0 bridgehead atoms. The number of pyridine rings is 2. The van der Waals surface area contributed by atoms with Crippen molar-refractivity contribution in [2.45, 2.75) is 6.92 Å². The Morgan fingerprint density at radius 3 is 2.82 bits per heavy atom. The Bertz CT molecular complexity index is 617. The van der Waals surface area contributed by atoms with E-state index in [-0.39, 0.29) is 5.56 Å². The smallest absolute Gasteiger partial charge is 0.261 e. The Hall–Kier alpha value is -2.43. The van der Waals surface area contributed by atoms with Crippen LogP contribution in [0.4, 0.5) is 0 Å². The van der Waals surface area contributed by atoms with Crippen LogP contribution in [-0.4, -0.2) is 15.9 Å². The lowest BCUT2D eigenvalue weighted by atomic mass is 10.0. The molecule has 0 spiro atoms. The monoisotopic (exact) mass is 229 g/mol. The molecule has 17 heavy (non-hydrogen) atoms. The SMILES string of the molecule is Cc1[nH]c(=O)c(C(N)=O)cc1-c1cccnc1. The van der Waals surface area contributed by atoms with Gasteiger partial charge in [-0.2, -0.15) is 0 Å². The van der Waals surface area contributed by atoms with Gasteiger partial charge in [0.15, 0.2) is 0 Å². The molecule has 0 aliphatic heterocycles. The van der Waals surface area contributed by atoms with Crippen molar-refractivity contribution >= 4 is 5.91 Å². The number of carbonyl (C=O) groups excluding carboxylic acids is 1. The quantitative estimate of drug-likeness (QED) is 0.799. The summed E-state index contributed by atoms with van der Waals surface area (Å²) in [5, 5.41) is 0. The molecule has 0 aliphatic rings. The summed E-state index contributed by atoms with van der Waals surface area (Å²) in [6.45, 7) is 1.76. The highest BCUT2D eigenvalue weighted by Crippen LogP contribution is 2.20. The standard InChI is InChI=1S/C12H11N3O2/c1-7-9(8-3-2-4-14-6-8)5-10(11(13)16)12(17)15-7/h2-6H,1H3,(H2,13,16)(H,15,17). The first-order valence-corrected chi connectivity index (χ1v) is 5.03. The van der Waals surface area contributed by atoms with Crippen LogP contribution in [0.5, 0.6) is 0 Å². The van der Waals surface area contributed by atoms with Crippen LogP contribution in [0, 0.1) is 6.92 Å². The lowest BCUT2D eigenvalue weighted by Gasteiger charge is -2.06. The van der Waals surface area contributed by atoms with E-state index in [9.17, 15) is 9.59 Å². The number of hydrogen-bond acceptors (Lipinski definition) is 3. The van der Waals surface area contributed by atoms with Gasteiger partial charge in [0.2, 0.25) is 0 Å². The maximum Gasteiger partial charge on any atom is 0.261 e. The Morgan fingerprint density at radius 2 is 2.24 bits per heavy atom. The van der Waals surface area contributed by atoms with Crippen LogP contribution < -0.4 is 11.3 Å². The Morgan fingerprint density at radius 1 is 1.47 bits per heavy atom. The summed E-state index contributed by atoms with van der Waals surface area (Å²) < 4.78 is 0. The summed E-state index contributed by atoms with van der Waals surface area (Å²) in [5.41, 5.74) is 6.86. The van der Waals surface area contributed by atoms with Crippen molar-refractivity contribution in [3.05, 3.63) is 52.2 Å². The molecular formula is C12H11N3O2. The normalized spacial score (nSPS) is 10.2. The van der Waals surface area contributed by atoms with Gasteiger partial charge in [0.05, 0.1) is 0 Å². The first-order chi connectivity index (χ1) is 8.09. The van der Waals surface area contributed by atoms with E-state index in [1.165, 1.54) is 6.07 Å². The van der Waals surface area contributed by atoms with Crippen LogP contribution in [0.3, 0.4) is 0 Å². The van der Waals surface area contributed by atoms with Gasteiger partial charge in [-0.3, -0.25) is 14.6 Å². The highest BCUT2D eigenvalue weighted by Gasteiger charge is 2.11. The molecule has 0 aromatic carbocycles. The third-order valence-corrected chi connectivity index (χ3v) is 2.48. The van der Waals surface area contributed by atoms with Gasteiger partial charge in [0.25, 0.3) is 11.5 Å². The lowest BCUT2D eigenvalue weighted by molar-refractivity contribution is 0.0999. The number of nitrogens with two attached hydrogens (primary N) is 1. The third kappa shape index (κ3) is 2.08. The second-order valence-electron chi connectivity index (χ2n) is 3.66. The van der Waals surface area contributed by atoms with Gasteiger partial charge in [-0.05, 0) is 19.1 Å². The highest BCUT2D eigenvalue weighted by molar-refractivity contribution is 5.93. The molecule has 2 aromatic rings. The largest absolute Gasteiger partial charge is 0.365 e. The molecule has 3 N–H and O–H groups in total. The minimum absolute atomic E-state index is 0.0468. The van der Waals surface area contributed by atoms with Crippen molar-refractivity contribution < 1.29 is 4.79 Å². The topological polar surface area (TPSA) is 88.8 Å². The van der Waals surface area contributed by atoms with E-state index in [1.807, 2.05) is 6.07 Å². The molecule has 5 nitrogen and oxygen atoms in total. The van der Waals surface area contributed by atoms with E-state index in [0.29, 0.717) is 5.69 Å². The number of primary amides is 1. The zero-order valence-electron chi connectivity index (χ0n) is 9.23. The van der Waals surface area contributed by atoms with E-state index in [4.69, 9.17) is 5.73 Å². The molecule has 0 atom stereocenters. The number of nitrogens with zero attached hydrogens (tertiary/aromatic N) is 1. The van der Waals surface area contributed by atoms with Crippen LogP contribution in [0.25, 0.3) is 11.1 Å².